The number of carbonyl (C=O) groups excluding carboxylic acids is 2. The largest absolute Gasteiger partial charge is 0.342 e. The molecule has 0 aromatic heterocycles. The van der Waals surface area contributed by atoms with Crippen LogP contribution in [0.2, 0.25) is 0 Å². The fraction of sp³-hybridized carbons (Fsp3) is 0.750. The third-order valence-electron chi connectivity index (χ3n) is 10.1. The molecule has 4 bridgehead atoms. The number of hydrogen-bond donors (Lipinski definition) is 0. The number of amides is 2. The lowest BCUT2D eigenvalue weighted by Crippen LogP contribution is -2.57. The summed E-state index contributed by atoms with van der Waals surface area (Å²) < 4.78 is 27.1. The highest BCUT2D eigenvalue weighted by Gasteiger charge is 2.55. The van der Waals surface area contributed by atoms with E-state index in [1.54, 1.807) is 6.92 Å². The van der Waals surface area contributed by atoms with Crippen LogP contribution in [0.4, 0.5) is 0 Å². The van der Waals surface area contributed by atoms with Gasteiger partial charge >= 0.3 is 0 Å². The fourth-order valence-corrected chi connectivity index (χ4v) is 9.71. The van der Waals surface area contributed by atoms with Crippen molar-refractivity contribution in [1.29, 1.82) is 0 Å². The molecule has 6 rings (SSSR count). The van der Waals surface area contributed by atoms with Gasteiger partial charge < -0.3 is 9.80 Å². The minimum absolute atomic E-state index is 0.0144. The smallest absolute Gasteiger partial charge is 0.238 e. The van der Waals surface area contributed by atoms with Crippen LogP contribution in [0.5, 0.6) is 0 Å². The van der Waals surface area contributed by atoms with Crippen molar-refractivity contribution in [3.8, 4) is 0 Å². The van der Waals surface area contributed by atoms with Gasteiger partial charge in [0.2, 0.25) is 21.8 Å². The molecular formula is C32H49N3O4S. The summed E-state index contributed by atoms with van der Waals surface area (Å²) in [6.45, 7) is 9.63. The molecular weight excluding hydrogens is 522 g/mol. The van der Waals surface area contributed by atoms with E-state index >= 15 is 0 Å². The topological polar surface area (TPSA) is 78.0 Å². The molecule has 0 spiro atoms. The second kappa shape index (κ2) is 11.7. The summed E-state index contributed by atoms with van der Waals surface area (Å²) in [5, 5.41) is 0. The van der Waals surface area contributed by atoms with E-state index in [0.29, 0.717) is 32.1 Å². The molecule has 4 saturated carbocycles. The highest BCUT2D eigenvalue weighted by molar-refractivity contribution is 7.89. The molecule has 40 heavy (non-hydrogen) atoms. The van der Waals surface area contributed by atoms with E-state index in [2.05, 4.69) is 29.2 Å². The molecule has 8 heteroatoms. The maximum Gasteiger partial charge on any atom is 0.238 e. The van der Waals surface area contributed by atoms with Crippen molar-refractivity contribution >= 4 is 21.8 Å². The monoisotopic (exact) mass is 571 g/mol. The van der Waals surface area contributed by atoms with Gasteiger partial charge in [-0.1, -0.05) is 43.7 Å². The molecule has 7 nitrogen and oxygen atoms in total. The molecule has 1 aromatic rings. The van der Waals surface area contributed by atoms with Crippen molar-refractivity contribution in [1.82, 2.24) is 14.1 Å². The first kappa shape index (κ1) is 29.6. The molecule has 5 fully saturated rings. The van der Waals surface area contributed by atoms with Crippen LogP contribution in [0, 0.1) is 36.0 Å². The number of aryl methyl sites for hydroxylation is 1. The van der Waals surface area contributed by atoms with Gasteiger partial charge in [0.15, 0.2) is 0 Å². The van der Waals surface area contributed by atoms with Gasteiger partial charge in [0.05, 0.1) is 17.7 Å². The molecule has 0 radical (unpaired) electrons. The highest BCUT2D eigenvalue weighted by Crippen LogP contribution is 2.60. The summed E-state index contributed by atoms with van der Waals surface area (Å²) in [5.74, 6) is 2.55. The average Bonchev–Trinajstić information content (AvgIpc) is 2.91. The van der Waals surface area contributed by atoms with Crippen molar-refractivity contribution in [3.63, 3.8) is 0 Å². The van der Waals surface area contributed by atoms with Crippen molar-refractivity contribution in [2.75, 3.05) is 31.9 Å². The highest BCUT2D eigenvalue weighted by atomic mass is 32.2. The van der Waals surface area contributed by atoms with Crippen molar-refractivity contribution in [2.45, 2.75) is 91.6 Å². The van der Waals surface area contributed by atoms with Gasteiger partial charge in [0.1, 0.15) is 0 Å². The summed E-state index contributed by atoms with van der Waals surface area (Å²) in [6, 6.07) is 8.19. The summed E-state index contributed by atoms with van der Waals surface area (Å²) >= 11 is 0. The molecule has 0 atom stereocenters. The van der Waals surface area contributed by atoms with E-state index in [4.69, 9.17) is 0 Å². The van der Waals surface area contributed by atoms with E-state index in [1.165, 1.54) is 23.6 Å². The molecule has 1 heterocycles. The van der Waals surface area contributed by atoms with Crippen molar-refractivity contribution < 1.29 is 18.0 Å². The number of carbonyl (C=O) groups is 2. The first-order valence-corrected chi connectivity index (χ1v) is 17.2. The van der Waals surface area contributed by atoms with Crippen LogP contribution in [0.1, 0.15) is 83.3 Å². The predicted molar refractivity (Wildman–Crippen MR) is 158 cm³/mol. The third kappa shape index (κ3) is 6.28. The molecule has 1 aliphatic heterocycles. The molecule has 1 aromatic carbocycles. The van der Waals surface area contributed by atoms with Crippen LogP contribution in [0.25, 0.3) is 0 Å². The maximum atomic E-state index is 13.9. The average molecular weight is 572 g/mol. The van der Waals surface area contributed by atoms with Gasteiger partial charge in [-0.15, -0.1) is 0 Å². The zero-order valence-electron chi connectivity index (χ0n) is 25.0. The molecule has 1 saturated heterocycles. The summed E-state index contributed by atoms with van der Waals surface area (Å²) in [4.78, 5) is 31.8. The Balaban J connectivity index is 1.29. The molecule has 0 unspecified atom stereocenters. The molecule has 2 amide bonds. The van der Waals surface area contributed by atoms with E-state index < -0.39 is 10.0 Å². The van der Waals surface area contributed by atoms with E-state index in [-0.39, 0.29) is 35.6 Å². The van der Waals surface area contributed by atoms with Crippen molar-refractivity contribution in [2.24, 2.45) is 29.1 Å². The number of nitrogens with zero attached hydrogens (tertiary/aromatic N) is 3. The SMILES string of the molecule is CCS(=O)(=O)N(CC(=O)N(Cc1ccc(C)cc1)C1CCN(C(=O)C23CC4CC(CC(C4)C2)C3)CC1)CC(C)C. The quantitative estimate of drug-likeness (QED) is 0.403. The Morgan fingerprint density at radius 2 is 1.52 bits per heavy atom. The molecule has 222 valence electrons. The standard InChI is InChI=1S/C32H49N3O4S/c1-5-40(38,39)34(20-23(2)3)22-30(36)35(21-25-8-6-24(4)7-9-25)29-10-12-33(13-11-29)31(37)32-17-26-14-27(18-32)16-28(15-26)19-32/h6-9,23,26-29H,5,10-22H2,1-4H3. The van der Waals surface area contributed by atoms with Crippen LogP contribution >= 0.6 is 0 Å². The van der Waals surface area contributed by atoms with Crippen LogP contribution in [0.3, 0.4) is 0 Å². The van der Waals surface area contributed by atoms with Gasteiger partial charge in [0, 0.05) is 32.2 Å². The summed E-state index contributed by atoms with van der Waals surface area (Å²) in [7, 11) is -3.50. The second-order valence-corrected chi connectivity index (χ2v) is 16.1. The minimum atomic E-state index is -3.50. The minimum Gasteiger partial charge on any atom is -0.342 e. The van der Waals surface area contributed by atoms with Gasteiger partial charge in [0.25, 0.3) is 0 Å². The van der Waals surface area contributed by atoms with Crippen LogP contribution in [-0.4, -0.2) is 72.3 Å². The number of rotatable bonds is 10. The first-order chi connectivity index (χ1) is 19.0. The third-order valence-corrected chi connectivity index (χ3v) is 11.9. The van der Waals surface area contributed by atoms with E-state index in [1.807, 2.05) is 25.7 Å². The number of sulfonamides is 1. The predicted octanol–water partition coefficient (Wildman–Crippen LogP) is 4.84. The zero-order valence-corrected chi connectivity index (χ0v) is 25.8. The zero-order chi connectivity index (χ0) is 28.7. The van der Waals surface area contributed by atoms with E-state index in [0.717, 1.165) is 61.0 Å². The lowest BCUT2D eigenvalue weighted by atomic mass is 9.49. The Bertz CT molecular complexity index is 1140. The maximum absolute atomic E-state index is 13.9. The van der Waals surface area contributed by atoms with Crippen LogP contribution in [-0.2, 0) is 26.2 Å². The summed E-state index contributed by atoms with van der Waals surface area (Å²) in [5.41, 5.74) is 2.07. The Hall–Kier alpha value is -1.93. The molecule has 5 aliphatic rings. The first-order valence-electron chi connectivity index (χ1n) is 15.6. The summed E-state index contributed by atoms with van der Waals surface area (Å²) in [6.07, 6.45) is 8.68. The lowest BCUT2D eigenvalue weighted by molar-refractivity contribution is -0.159. The number of piperidine rings is 1. The fourth-order valence-electron chi connectivity index (χ4n) is 8.51. The number of hydrogen-bond acceptors (Lipinski definition) is 4. The molecule has 0 N–H and O–H groups in total. The number of benzene rings is 1. The molecule has 4 aliphatic carbocycles. The van der Waals surface area contributed by atoms with Gasteiger partial charge in [-0.25, -0.2) is 8.42 Å². The van der Waals surface area contributed by atoms with Crippen LogP contribution in [0.15, 0.2) is 24.3 Å². The Morgan fingerprint density at radius 1 is 0.975 bits per heavy atom. The van der Waals surface area contributed by atoms with Crippen molar-refractivity contribution in [3.05, 3.63) is 35.4 Å². The number of likely N-dealkylation sites (tertiary alicyclic amines) is 1. The van der Waals surface area contributed by atoms with Gasteiger partial charge in [-0.2, -0.15) is 4.31 Å². The Morgan fingerprint density at radius 3 is 2.02 bits per heavy atom. The Kier molecular flexibility index (Phi) is 8.68. The Labute approximate surface area is 241 Å². The van der Waals surface area contributed by atoms with Gasteiger partial charge in [-0.05, 0) is 94.4 Å². The van der Waals surface area contributed by atoms with Crippen LogP contribution < -0.4 is 0 Å². The lowest BCUT2D eigenvalue weighted by Gasteiger charge is -2.57. The normalized spacial score (nSPS) is 28.4. The van der Waals surface area contributed by atoms with Gasteiger partial charge in [-0.3, -0.25) is 9.59 Å². The van der Waals surface area contributed by atoms with E-state index in [9.17, 15) is 18.0 Å². The second-order valence-electron chi connectivity index (χ2n) is 13.8.